The molecule has 0 saturated heterocycles. The van der Waals surface area contributed by atoms with Crippen LogP contribution < -0.4 is 40.5 Å². The Kier molecular flexibility index (Phi) is 7.69. The van der Waals surface area contributed by atoms with Crippen LogP contribution in [0.3, 0.4) is 0 Å². The van der Waals surface area contributed by atoms with Gasteiger partial charge in [-0.25, -0.2) is 0 Å². The van der Waals surface area contributed by atoms with Crippen molar-refractivity contribution in [1.29, 1.82) is 0 Å². The van der Waals surface area contributed by atoms with Crippen molar-refractivity contribution in [2.45, 2.75) is 13.3 Å². The zero-order chi connectivity index (χ0) is 11.1. The molecule has 0 atom stereocenters. The van der Waals surface area contributed by atoms with E-state index >= 15 is 0 Å². The zero-order valence-corrected chi connectivity index (χ0v) is 15.0. The number of aryl methyl sites for hydroxylation is 1. The second-order valence-electron chi connectivity index (χ2n) is 4.04. The molecule has 0 spiro atoms. The summed E-state index contributed by atoms with van der Waals surface area (Å²) >= 11 is 1.50. The molecule has 0 aliphatic heterocycles. The van der Waals surface area contributed by atoms with Crippen molar-refractivity contribution in [1.82, 2.24) is 4.98 Å². The summed E-state index contributed by atoms with van der Waals surface area (Å²) in [5, 5.41) is 4.05. The number of rotatable bonds is 1. The second kappa shape index (κ2) is 7.69. The number of halogens is 3. The smallest absolute Gasteiger partial charge is 1.00 e. The Morgan fingerprint density at radius 2 is 1.63 bits per heavy atom. The van der Waals surface area contributed by atoms with Crippen molar-refractivity contribution in [3.8, 4) is 0 Å². The molecule has 1 aromatic heterocycles. The summed E-state index contributed by atoms with van der Waals surface area (Å²) in [4.78, 5) is 3.58. The first-order chi connectivity index (χ1) is 7.81. The van der Waals surface area contributed by atoms with Gasteiger partial charge in [0.05, 0.1) is 0 Å². The minimum absolute atomic E-state index is 0. The maximum absolute atomic E-state index is 3.58. The molecule has 0 saturated carbocycles. The monoisotopic (exact) mass is 389 g/mol. The molecule has 98 valence electrons. The van der Waals surface area contributed by atoms with Gasteiger partial charge >= 0.3 is 110 Å². The van der Waals surface area contributed by atoms with Gasteiger partial charge in [-0.2, -0.15) is 0 Å². The van der Waals surface area contributed by atoms with Gasteiger partial charge in [-0.3, -0.25) is 0 Å². The standard InChI is InChI=1S/C14H12N.3ClH.Zr/c1-2-12-9-11-8-7-10-5-3-4-6-13(10)14(11)15-12;;;;/h3-8,15H,2H2,1H3;3*1H;/q;;;;+3/p-3. The van der Waals surface area contributed by atoms with E-state index in [1.807, 2.05) is 0 Å². The molecule has 5 heteroatoms. The maximum Gasteiger partial charge on any atom is -1.00 e. The molecule has 0 aliphatic carbocycles. The third-order valence-corrected chi connectivity index (χ3v) is 4.53. The molecule has 3 rings (SSSR count). The van der Waals surface area contributed by atoms with E-state index in [1.54, 1.807) is 0 Å². The third-order valence-electron chi connectivity index (χ3n) is 3.13. The van der Waals surface area contributed by atoms with Crippen molar-refractivity contribution < 1.29 is 61.9 Å². The number of aromatic nitrogens is 1. The Bertz CT molecular complexity index is 679. The molecule has 3 aromatic rings. The van der Waals surface area contributed by atoms with Crippen LogP contribution in [0.5, 0.6) is 0 Å². The molecule has 0 amide bonds. The van der Waals surface area contributed by atoms with E-state index in [1.165, 1.54) is 55.4 Å². The average molecular weight is 392 g/mol. The normalized spacial score (nSPS) is 9.63. The van der Waals surface area contributed by atoms with Crippen LogP contribution in [0.2, 0.25) is 0 Å². The minimum Gasteiger partial charge on any atom is -1.00 e. The van der Waals surface area contributed by atoms with Crippen molar-refractivity contribution in [3.05, 3.63) is 42.1 Å². The fourth-order valence-electron chi connectivity index (χ4n) is 2.26. The van der Waals surface area contributed by atoms with Gasteiger partial charge in [0, 0.05) is 0 Å². The van der Waals surface area contributed by atoms with E-state index in [4.69, 9.17) is 0 Å². The summed E-state index contributed by atoms with van der Waals surface area (Å²) in [5.41, 5.74) is 2.70. The van der Waals surface area contributed by atoms with E-state index in [-0.39, 0.29) is 37.2 Å². The van der Waals surface area contributed by atoms with E-state index in [2.05, 4.69) is 48.3 Å². The van der Waals surface area contributed by atoms with Crippen molar-refractivity contribution in [2.75, 3.05) is 0 Å². The molecular weight excluding hydrogens is 380 g/mol. The molecule has 0 fully saturated rings. The number of hydrogen-bond acceptors (Lipinski definition) is 0. The van der Waals surface area contributed by atoms with Crippen LogP contribution in [-0.2, 0) is 31.1 Å². The van der Waals surface area contributed by atoms with Gasteiger partial charge < -0.3 is 37.2 Å². The zero-order valence-electron chi connectivity index (χ0n) is 10.3. The van der Waals surface area contributed by atoms with Crippen molar-refractivity contribution >= 4 is 24.9 Å². The Labute approximate surface area is 146 Å². The van der Waals surface area contributed by atoms with Gasteiger partial charge in [-0.15, -0.1) is 0 Å². The van der Waals surface area contributed by atoms with E-state index in [0.717, 1.165) is 6.42 Å². The summed E-state index contributed by atoms with van der Waals surface area (Å²) in [6.07, 6.45) is 1.09. The number of H-pyrrole nitrogens is 1. The predicted molar refractivity (Wildman–Crippen MR) is 64.8 cm³/mol. The third kappa shape index (κ3) is 3.19. The SMILES string of the molecule is CCc1[nH]c2c(ccc3ccccc32)[c]1[Zr+3].[Cl-].[Cl-].[Cl-]. The molecule has 0 aliphatic rings. The van der Waals surface area contributed by atoms with Crippen LogP contribution in [0.25, 0.3) is 21.7 Å². The fourth-order valence-corrected chi connectivity index (χ4v) is 3.36. The van der Waals surface area contributed by atoms with Gasteiger partial charge in [0.1, 0.15) is 0 Å². The van der Waals surface area contributed by atoms with Crippen LogP contribution in [0, 0.1) is 0 Å². The summed E-state index contributed by atoms with van der Waals surface area (Å²) in [6.45, 7) is 2.21. The molecule has 1 heterocycles. The van der Waals surface area contributed by atoms with Crippen LogP contribution in [0.1, 0.15) is 12.6 Å². The average Bonchev–Trinajstić information content (AvgIpc) is 2.67. The molecule has 1 N–H and O–H groups in total. The minimum atomic E-state index is 0. The molecule has 19 heavy (non-hydrogen) atoms. The number of benzene rings is 2. The summed E-state index contributed by atoms with van der Waals surface area (Å²) < 4.78 is 1.48. The van der Waals surface area contributed by atoms with E-state index in [0.29, 0.717) is 0 Å². The molecule has 0 bridgehead atoms. The van der Waals surface area contributed by atoms with Crippen LogP contribution in [0.15, 0.2) is 36.4 Å². The van der Waals surface area contributed by atoms with E-state index < -0.39 is 0 Å². The predicted octanol–water partition coefficient (Wildman–Crippen LogP) is -5.93. The number of hydrogen-bond donors (Lipinski definition) is 1. The maximum atomic E-state index is 3.58. The number of fused-ring (bicyclic) bond motifs is 3. The molecular formula is C14H12Cl3NZr. The fraction of sp³-hybridized carbons (Fsp3) is 0.143. The van der Waals surface area contributed by atoms with Crippen LogP contribution >= 0.6 is 0 Å². The van der Waals surface area contributed by atoms with Gasteiger partial charge in [-0.1, -0.05) is 0 Å². The first-order valence-corrected chi connectivity index (χ1v) is 6.78. The molecule has 2 aromatic carbocycles. The van der Waals surface area contributed by atoms with Gasteiger partial charge in [0.2, 0.25) is 0 Å². The van der Waals surface area contributed by atoms with Gasteiger partial charge in [0.25, 0.3) is 0 Å². The summed E-state index contributed by atoms with van der Waals surface area (Å²) in [7, 11) is 0. The summed E-state index contributed by atoms with van der Waals surface area (Å²) in [6, 6.07) is 13.0. The van der Waals surface area contributed by atoms with Crippen LogP contribution in [-0.4, -0.2) is 4.98 Å². The Morgan fingerprint density at radius 3 is 2.32 bits per heavy atom. The Hall–Kier alpha value is -0.00688. The first-order valence-electron chi connectivity index (χ1n) is 5.55. The van der Waals surface area contributed by atoms with Crippen molar-refractivity contribution in [2.24, 2.45) is 0 Å². The second-order valence-corrected chi connectivity index (χ2v) is 5.27. The topological polar surface area (TPSA) is 15.8 Å². The molecule has 0 radical (unpaired) electrons. The molecule has 1 nitrogen and oxygen atoms in total. The molecule has 0 unspecified atom stereocenters. The summed E-state index contributed by atoms with van der Waals surface area (Å²) in [5.74, 6) is 0. The van der Waals surface area contributed by atoms with Gasteiger partial charge in [0.15, 0.2) is 0 Å². The Morgan fingerprint density at radius 1 is 0.947 bits per heavy atom. The van der Waals surface area contributed by atoms with E-state index in [9.17, 15) is 0 Å². The quantitative estimate of drug-likeness (QED) is 0.425. The Balaban J connectivity index is 0.00000108. The number of nitrogens with one attached hydrogen (secondary N) is 1. The first kappa shape index (κ1) is 19.0. The van der Waals surface area contributed by atoms with Gasteiger partial charge in [-0.05, 0) is 0 Å². The van der Waals surface area contributed by atoms with Crippen LogP contribution in [0.4, 0.5) is 0 Å². The van der Waals surface area contributed by atoms with Crippen molar-refractivity contribution in [3.63, 3.8) is 0 Å². The number of aromatic amines is 1. The largest absolute Gasteiger partial charge is 1.00 e.